The van der Waals surface area contributed by atoms with Crippen molar-refractivity contribution in [3.05, 3.63) is 48.0 Å². The van der Waals surface area contributed by atoms with Gasteiger partial charge in [-0.25, -0.2) is 9.80 Å². The zero-order chi connectivity index (χ0) is 19.7. The molecule has 2 fully saturated rings. The highest BCUT2D eigenvalue weighted by Gasteiger charge is 2.49. The van der Waals surface area contributed by atoms with E-state index in [0.29, 0.717) is 5.56 Å². The van der Waals surface area contributed by atoms with Crippen LogP contribution in [0.15, 0.2) is 42.5 Å². The lowest BCUT2D eigenvalue weighted by atomic mass is 9.90. The fraction of sp³-hybridized carbons (Fsp3) is 0.381. The van der Waals surface area contributed by atoms with Crippen LogP contribution in [0.4, 0.5) is 4.79 Å². The molecule has 0 saturated carbocycles. The third-order valence-corrected chi connectivity index (χ3v) is 5.54. The van der Waals surface area contributed by atoms with Crippen molar-refractivity contribution in [3.63, 3.8) is 0 Å². The van der Waals surface area contributed by atoms with Crippen LogP contribution in [0.2, 0.25) is 0 Å². The smallest absolute Gasteiger partial charge is 0.319 e. The Morgan fingerprint density at radius 3 is 2.54 bits per heavy atom. The van der Waals surface area contributed by atoms with E-state index in [4.69, 9.17) is 0 Å². The van der Waals surface area contributed by atoms with E-state index in [1.807, 2.05) is 47.5 Å². The Hall–Kier alpha value is -2.93. The SMILES string of the molecule is C[C@@]1(c2ccc3ccccc3c2)NC(=O)N(CC(=O)NN2CCCCC2)C1=O. The summed E-state index contributed by atoms with van der Waals surface area (Å²) in [6.07, 6.45) is 3.22. The molecule has 2 aliphatic rings. The number of rotatable bonds is 4. The first-order valence-electron chi connectivity index (χ1n) is 9.65. The van der Waals surface area contributed by atoms with Gasteiger partial charge in [0.15, 0.2) is 0 Å². The highest BCUT2D eigenvalue weighted by atomic mass is 16.2. The minimum atomic E-state index is -1.19. The highest BCUT2D eigenvalue weighted by molar-refractivity contribution is 6.09. The molecule has 146 valence electrons. The molecule has 1 atom stereocenters. The van der Waals surface area contributed by atoms with Crippen LogP contribution in [-0.2, 0) is 15.1 Å². The number of hydrogen-bond acceptors (Lipinski definition) is 4. The van der Waals surface area contributed by atoms with Crippen molar-refractivity contribution >= 4 is 28.6 Å². The molecule has 2 aliphatic heterocycles. The van der Waals surface area contributed by atoms with E-state index in [1.54, 1.807) is 6.92 Å². The third kappa shape index (κ3) is 3.33. The average molecular weight is 380 g/mol. The largest absolute Gasteiger partial charge is 0.325 e. The topological polar surface area (TPSA) is 81.8 Å². The number of carbonyl (C=O) groups excluding carboxylic acids is 3. The van der Waals surface area contributed by atoms with Gasteiger partial charge in [0.1, 0.15) is 12.1 Å². The van der Waals surface area contributed by atoms with Crippen LogP contribution in [-0.4, -0.2) is 47.4 Å². The van der Waals surface area contributed by atoms with E-state index in [0.717, 1.165) is 48.0 Å². The second kappa shape index (κ2) is 7.24. The van der Waals surface area contributed by atoms with Crippen LogP contribution in [0.25, 0.3) is 10.8 Å². The molecule has 28 heavy (non-hydrogen) atoms. The predicted octanol–water partition coefficient (Wildman–Crippen LogP) is 2.12. The second-order valence-electron chi connectivity index (χ2n) is 7.59. The molecule has 0 bridgehead atoms. The van der Waals surface area contributed by atoms with E-state index >= 15 is 0 Å². The number of amides is 4. The summed E-state index contributed by atoms with van der Waals surface area (Å²) < 4.78 is 0. The van der Waals surface area contributed by atoms with Crippen LogP contribution in [0.1, 0.15) is 31.7 Å². The maximum atomic E-state index is 13.1. The fourth-order valence-electron chi connectivity index (χ4n) is 3.90. The second-order valence-corrected chi connectivity index (χ2v) is 7.59. The van der Waals surface area contributed by atoms with Crippen molar-refractivity contribution in [2.75, 3.05) is 19.6 Å². The van der Waals surface area contributed by atoms with Crippen molar-refractivity contribution in [1.29, 1.82) is 0 Å². The van der Waals surface area contributed by atoms with Gasteiger partial charge in [0.2, 0.25) is 0 Å². The lowest BCUT2D eigenvalue weighted by Gasteiger charge is -2.27. The van der Waals surface area contributed by atoms with Crippen molar-refractivity contribution in [1.82, 2.24) is 20.7 Å². The van der Waals surface area contributed by atoms with Gasteiger partial charge in [-0.3, -0.25) is 19.9 Å². The van der Waals surface area contributed by atoms with Crippen LogP contribution >= 0.6 is 0 Å². The number of piperidine rings is 1. The quantitative estimate of drug-likeness (QED) is 0.796. The first kappa shape index (κ1) is 18.4. The molecule has 0 unspecified atom stereocenters. The van der Waals surface area contributed by atoms with E-state index in [1.165, 1.54) is 0 Å². The number of fused-ring (bicyclic) bond motifs is 1. The van der Waals surface area contributed by atoms with E-state index in [-0.39, 0.29) is 12.5 Å². The van der Waals surface area contributed by atoms with Crippen LogP contribution < -0.4 is 10.7 Å². The normalized spacial score (nSPS) is 23.1. The third-order valence-electron chi connectivity index (χ3n) is 5.54. The Bertz CT molecular complexity index is 938. The summed E-state index contributed by atoms with van der Waals surface area (Å²) >= 11 is 0. The molecule has 2 N–H and O–H groups in total. The first-order chi connectivity index (χ1) is 13.5. The summed E-state index contributed by atoms with van der Waals surface area (Å²) in [5.41, 5.74) is 2.31. The molecule has 2 aromatic carbocycles. The molecule has 4 amide bonds. The molecule has 2 aromatic rings. The average Bonchev–Trinajstić information content (AvgIpc) is 2.92. The van der Waals surface area contributed by atoms with Crippen molar-refractivity contribution in [2.45, 2.75) is 31.7 Å². The number of nitrogens with one attached hydrogen (secondary N) is 2. The molecular formula is C21H24N4O3. The molecule has 0 aliphatic carbocycles. The van der Waals surface area contributed by atoms with E-state index < -0.39 is 17.5 Å². The molecule has 0 spiro atoms. The lowest BCUT2D eigenvalue weighted by Crippen LogP contribution is -2.50. The van der Waals surface area contributed by atoms with Crippen molar-refractivity contribution in [3.8, 4) is 0 Å². The molecule has 2 saturated heterocycles. The van der Waals surface area contributed by atoms with Crippen molar-refractivity contribution in [2.24, 2.45) is 0 Å². The van der Waals surface area contributed by atoms with Gasteiger partial charge >= 0.3 is 6.03 Å². The van der Waals surface area contributed by atoms with Crippen LogP contribution in [0.5, 0.6) is 0 Å². The van der Waals surface area contributed by atoms with Gasteiger partial charge in [0, 0.05) is 13.1 Å². The zero-order valence-corrected chi connectivity index (χ0v) is 15.9. The number of carbonyl (C=O) groups is 3. The maximum absolute atomic E-state index is 13.1. The van der Waals surface area contributed by atoms with Crippen LogP contribution in [0.3, 0.4) is 0 Å². The number of urea groups is 1. The summed E-state index contributed by atoms with van der Waals surface area (Å²) in [5.74, 6) is -0.769. The molecular weight excluding hydrogens is 356 g/mol. The van der Waals surface area contributed by atoms with Gasteiger partial charge in [0.05, 0.1) is 0 Å². The standard InChI is InChI=1S/C21H24N4O3/c1-21(17-10-9-15-7-3-4-8-16(15)13-17)19(27)25(20(28)22-21)14-18(26)23-24-11-5-2-6-12-24/h3-4,7-10,13H,2,5-6,11-12,14H2,1H3,(H,22,28)(H,23,26)/t21-/m0/s1. The molecule has 0 aromatic heterocycles. The fourth-order valence-corrected chi connectivity index (χ4v) is 3.90. The summed E-state index contributed by atoms with van der Waals surface area (Å²) in [7, 11) is 0. The summed E-state index contributed by atoms with van der Waals surface area (Å²) in [6, 6.07) is 13.0. The Kier molecular flexibility index (Phi) is 4.77. The monoisotopic (exact) mass is 380 g/mol. The van der Waals surface area contributed by atoms with Gasteiger partial charge in [-0.05, 0) is 42.2 Å². The molecule has 4 rings (SSSR count). The van der Waals surface area contributed by atoms with Gasteiger partial charge in [-0.15, -0.1) is 0 Å². The number of imide groups is 1. The molecule has 7 nitrogen and oxygen atoms in total. The maximum Gasteiger partial charge on any atom is 0.325 e. The molecule has 0 radical (unpaired) electrons. The molecule has 7 heteroatoms. The number of nitrogens with zero attached hydrogens (tertiary/aromatic N) is 2. The van der Waals surface area contributed by atoms with E-state index in [9.17, 15) is 14.4 Å². The highest BCUT2D eigenvalue weighted by Crippen LogP contribution is 2.30. The Morgan fingerprint density at radius 2 is 1.79 bits per heavy atom. The first-order valence-corrected chi connectivity index (χ1v) is 9.65. The van der Waals surface area contributed by atoms with Gasteiger partial charge in [-0.2, -0.15) is 0 Å². The van der Waals surface area contributed by atoms with Gasteiger partial charge < -0.3 is 5.32 Å². The van der Waals surface area contributed by atoms with Crippen LogP contribution in [0, 0.1) is 0 Å². The van der Waals surface area contributed by atoms with Crippen molar-refractivity contribution < 1.29 is 14.4 Å². The Balaban J connectivity index is 1.51. The predicted molar refractivity (Wildman–Crippen MR) is 105 cm³/mol. The zero-order valence-electron chi connectivity index (χ0n) is 15.9. The molecule has 2 heterocycles. The summed E-state index contributed by atoms with van der Waals surface area (Å²) in [4.78, 5) is 38.9. The van der Waals surface area contributed by atoms with E-state index in [2.05, 4.69) is 10.7 Å². The minimum absolute atomic E-state index is 0.287. The number of hydrogen-bond donors (Lipinski definition) is 2. The lowest BCUT2D eigenvalue weighted by molar-refractivity contribution is -0.136. The number of hydrazine groups is 1. The Labute approximate surface area is 163 Å². The number of benzene rings is 2. The van der Waals surface area contributed by atoms with Gasteiger partial charge in [-0.1, -0.05) is 42.8 Å². The Morgan fingerprint density at radius 1 is 1.07 bits per heavy atom. The summed E-state index contributed by atoms with van der Waals surface area (Å²) in [6.45, 7) is 2.98. The van der Waals surface area contributed by atoms with Gasteiger partial charge in [0.25, 0.3) is 11.8 Å². The summed E-state index contributed by atoms with van der Waals surface area (Å²) in [5, 5.41) is 6.67. The minimum Gasteiger partial charge on any atom is -0.319 e.